The summed E-state index contributed by atoms with van der Waals surface area (Å²) in [6, 6.07) is 7.47. The molecule has 29 heavy (non-hydrogen) atoms. The van der Waals surface area contributed by atoms with Crippen molar-refractivity contribution < 1.29 is 17.2 Å². The second-order valence-electron chi connectivity index (χ2n) is 6.89. The van der Waals surface area contributed by atoms with E-state index in [2.05, 4.69) is 19.9 Å². The third-order valence-corrected chi connectivity index (χ3v) is 6.27. The molecule has 1 atom stereocenters. The molecule has 2 N–H and O–H groups in total. The molecule has 7 nitrogen and oxygen atoms in total. The Labute approximate surface area is 166 Å². The maximum absolute atomic E-state index is 13.4. The fourth-order valence-corrected chi connectivity index (χ4v) is 4.71. The van der Waals surface area contributed by atoms with E-state index in [4.69, 9.17) is 0 Å². The van der Waals surface area contributed by atoms with Crippen LogP contribution in [0.4, 0.5) is 14.6 Å². The number of nitrogens with one attached hydrogen (secondary N) is 2. The second kappa shape index (κ2) is 7.88. The molecule has 4 rings (SSSR count). The van der Waals surface area contributed by atoms with Crippen LogP contribution in [0.1, 0.15) is 12.8 Å². The Morgan fingerprint density at radius 1 is 1.10 bits per heavy atom. The molecule has 1 saturated heterocycles. The van der Waals surface area contributed by atoms with Crippen LogP contribution in [0.25, 0.3) is 11.3 Å². The van der Waals surface area contributed by atoms with Gasteiger partial charge < -0.3 is 4.90 Å². The fraction of sp³-hybridized carbons (Fsp3) is 0.263. The number of nitrogens with zero attached hydrogens (tertiary/aromatic N) is 3. The van der Waals surface area contributed by atoms with Crippen LogP contribution in [-0.2, 0) is 10.0 Å². The molecule has 152 valence electrons. The average molecular weight is 419 g/mol. The molecule has 3 aromatic rings. The van der Waals surface area contributed by atoms with Gasteiger partial charge in [-0.05, 0) is 37.1 Å². The summed E-state index contributed by atoms with van der Waals surface area (Å²) in [6.07, 6.45) is 4.75. The summed E-state index contributed by atoms with van der Waals surface area (Å²) in [6.45, 7) is 1.13. The summed E-state index contributed by atoms with van der Waals surface area (Å²) >= 11 is 0. The number of sulfonamides is 1. The third kappa shape index (κ3) is 4.43. The maximum atomic E-state index is 13.4. The molecule has 0 aliphatic carbocycles. The normalized spacial score (nSPS) is 17.4. The Kier molecular flexibility index (Phi) is 5.29. The highest BCUT2D eigenvalue weighted by atomic mass is 32.2. The number of aromatic amines is 1. The van der Waals surface area contributed by atoms with Crippen LogP contribution in [0.15, 0.2) is 53.7 Å². The third-order valence-electron chi connectivity index (χ3n) is 4.77. The summed E-state index contributed by atoms with van der Waals surface area (Å²) in [5.41, 5.74) is 1.78. The molecule has 1 aliphatic heterocycles. The molecule has 0 bridgehead atoms. The highest BCUT2D eigenvalue weighted by Gasteiger charge is 2.27. The van der Waals surface area contributed by atoms with Crippen molar-refractivity contribution in [3.63, 3.8) is 0 Å². The predicted octanol–water partition coefficient (Wildman–Crippen LogP) is 2.70. The summed E-state index contributed by atoms with van der Waals surface area (Å²) < 4.78 is 54.5. The van der Waals surface area contributed by atoms with E-state index < -0.39 is 32.6 Å². The van der Waals surface area contributed by atoms with Gasteiger partial charge in [-0.1, -0.05) is 0 Å². The molecule has 0 saturated carbocycles. The first-order valence-electron chi connectivity index (χ1n) is 9.10. The standard InChI is InChI=1S/C19H19F2N5O2S/c20-14-8-15(21)10-17(9-14)29(27,28)25-16-2-1-7-26(12-16)19-11-18(23-24-19)13-3-5-22-6-4-13/h3-6,8-11,16,25H,1-2,7,12H2,(H,23,24)/t16-/m0/s1. The highest BCUT2D eigenvalue weighted by Crippen LogP contribution is 2.24. The number of rotatable bonds is 5. The van der Waals surface area contributed by atoms with Gasteiger partial charge in [0.05, 0.1) is 10.6 Å². The summed E-state index contributed by atoms with van der Waals surface area (Å²) in [7, 11) is -4.04. The highest BCUT2D eigenvalue weighted by molar-refractivity contribution is 7.89. The molecule has 1 aromatic carbocycles. The molecule has 3 heterocycles. The Bertz CT molecular complexity index is 1080. The molecule has 10 heteroatoms. The van der Waals surface area contributed by atoms with E-state index in [0.29, 0.717) is 24.8 Å². The molecule has 0 spiro atoms. The van der Waals surface area contributed by atoms with Gasteiger partial charge in [0.15, 0.2) is 5.82 Å². The van der Waals surface area contributed by atoms with Gasteiger partial charge in [0.25, 0.3) is 0 Å². The van der Waals surface area contributed by atoms with Gasteiger partial charge >= 0.3 is 0 Å². The van der Waals surface area contributed by atoms with Gasteiger partial charge in [-0.15, -0.1) is 0 Å². The van der Waals surface area contributed by atoms with Gasteiger partial charge in [0.2, 0.25) is 10.0 Å². The van der Waals surface area contributed by atoms with Crippen LogP contribution in [0, 0.1) is 11.6 Å². The van der Waals surface area contributed by atoms with Crippen molar-refractivity contribution in [3.05, 3.63) is 60.4 Å². The number of hydrogen-bond acceptors (Lipinski definition) is 5. The lowest BCUT2D eigenvalue weighted by atomic mass is 10.1. The Morgan fingerprint density at radius 3 is 2.55 bits per heavy atom. The first-order chi connectivity index (χ1) is 13.9. The van der Waals surface area contributed by atoms with Gasteiger partial charge in [0.1, 0.15) is 11.6 Å². The summed E-state index contributed by atoms with van der Waals surface area (Å²) in [4.78, 5) is 5.54. The zero-order valence-corrected chi connectivity index (χ0v) is 16.2. The van der Waals surface area contributed by atoms with Crippen molar-refractivity contribution in [1.82, 2.24) is 19.9 Å². The first kappa shape index (κ1) is 19.5. The molecule has 0 radical (unpaired) electrons. The van der Waals surface area contributed by atoms with E-state index >= 15 is 0 Å². The number of halogens is 2. The number of benzene rings is 1. The Morgan fingerprint density at radius 2 is 1.83 bits per heavy atom. The summed E-state index contributed by atoms with van der Waals surface area (Å²) in [5, 5.41) is 7.31. The molecule has 1 fully saturated rings. The lowest BCUT2D eigenvalue weighted by Gasteiger charge is -2.33. The predicted molar refractivity (Wildman–Crippen MR) is 104 cm³/mol. The molecule has 1 aliphatic rings. The van der Waals surface area contributed by atoms with Crippen molar-refractivity contribution >= 4 is 15.8 Å². The topological polar surface area (TPSA) is 91.0 Å². The quantitative estimate of drug-likeness (QED) is 0.664. The minimum absolute atomic E-state index is 0.400. The SMILES string of the molecule is O=S(=O)(N[C@H]1CCCN(c2cc(-c3ccncc3)[nH]n2)C1)c1cc(F)cc(F)c1. The largest absolute Gasteiger partial charge is 0.354 e. The zero-order chi connectivity index (χ0) is 20.4. The lowest BCUT2D eigenvalue weighted by molar-refractivity contribution is 0.463. The molecular formula is C19H19F2N5O2S. The smallest absolute Gasteiger partial charge is 0.241 e. The maximum Gasteiger partial charge on any atom is 0.241 e. The number of hydrogen-bond donors (Lipinski definition) is 2. The van der Waals surface area contributed by atoms with Crippen molar-refractivity contribution in [3.8, 4) is 11.3 Å². The van der Waals surface area contributed by atoms with Crippen LogP contribution in [-0.4, -0.2) is 42.7 Å². The second-order valence-corrected chi connectivity index (χ2v) is 8.60. The summed E-state index contributed by atoms with van der Waals surface area (Å²) in [5.74, 6) is -1.16. The van der Waals surface area contributed by atoms with Crippen LogP contribution < -0.4 is 9.62 Å². The van der Waals surface area contributed by atoms with E-state index in [-0.39, 0.29) is 0 Å². The monoisotopic (exact) mass is 419 g/mol. The molecule has 0 unspecified atom stereocenters. The van der Waals surface area contributed by atoms with Crippen LogP contribution in [0.3, 0.4) is 0 Å². The van der Waals surface area contributed by atoms with Gasteiger partial charge in [-0.25, -0.2) is 21.9 Å². The first-order valence-corrected chi connectivity index (χ1v) is 10.6. The molecule has 2 aromatic heterocycles. The van der Waals surface area contributed by atoms with Gasteiger partial charge in [-0.3, -0.25) is 10.1 Å². The Balaban J connectivity index is 1.48. The van der Waals surface area contributed by atoms with E-state index in [9.17, 15) is 17.2 Å². The fourth-order valence-electron chi connectivity index (χ4n) is 3.41. The van der Waals surface area contributed by atoms with Crippen LogP contribution >= 0.6 is 0 Å². The number of piperidine rings is 1. The van der Waals surface area contributed by atoms with E-state index in [1.54, 1.807) is 12.4 Å². The minimum Gasteiger partial charge on any atom is -0.354 e. The van der Waals surface area contributed by atoms with E-state index in [1.807, 2.05) is 23.1 Å². The zero-order valence-electron chi connectivity index (χ0n) is 15.3. The number of aromatic nitrogens is 3. The molecule has 0 amide bonds. The molecular weight excluding hydrogens is 400 g/mol. The minimum atomic E-state index is -4.04. The number of pyridine rings is 1. The van der Waals surface area contributed by atoms with Crippen LogP contribution in [0.5, 0.6) is 0 Å². The van der Waals surface area contributed by atoms with Crippen molar-refractivity contribution in [2.75, 3.05) is 18.0 Å². The number of H-pyrrole nitrogens is 1. The van der Waals surface area contributed by atoms with Crippen molar-refractivity contribution in [1.29, 1.82) is 0 Å². The lowest BCUT2D eigenvalue weighted by Crippen LogP contribution is -2.47. The number of anilines is 1. The van der Waals surface area contributed by atoms with Crippen LogP contribution in [0.2, 0.25) is 0 Å². The van der Waals surface area contributed by atoms with E-state index in [0.717, 1.165) is 36.4 Å². The van der Waals surface area contributed by atoms with Crippen molar-refractivity contribution in [2.24, 2.45) is 0 Å². The Hall–Kier alpha value is -2.85. The van der Waals surface area contributed by atoms with Gasteiger partial charge in [0, 0.05) is 49.2 Å². The average Bonchev–Trinajstić information content (AvgIpc) is 3.18. The van der Waals surface area contributed by atoms with Gasteiger partial charge in [-0.2, -0.15) is 5.10 Å². The van der Waals surface area contributed by atoms with E-state index in [1.165, 1.54) is 0 Å². The van der Waals surface area contributed by atoms with Crippen molar-refractivity contribution in [2.45, 2.75) is 23.8 Å².